The van der Waals surface area contributed by atoms with Crippen LogP contribution in [-0.4, -0.2) is 57.4 Å². The number of alkyl halides is 1. The fraction of sp³-hybridized carbons (Fsp3) is 0.846. The minimum Gasteiger partial charge on any atom is -0.437 e. The van der Waals surface area contributed by atoms with Gasteiger partial charge in [-0.1, -0.05) is 11.3 Å². The molecule has 3 heterocycles. The summed E-state index contributed by atoms with van der Waals surface area (Å²) in [4.78, 5) is 4.15. The number of fused-ring (bicyclic) bond motifs is 2. The first kappa shape index (κ1) is 15.3. The molecular weight excluding hydrogens is 370 g/mol. The number of rotatable bonds is 4. The molecule has 5 nitrogen and oxygen atoms in total. The zero-order valence-corrected chi connectivity index (χ0v) is 14.8. The Kier molecular flexibility index (Phi) is 3.95. The summed E-state index contributed by atoms with van der Waals surface area (Å²) < 4.78 is 16.0. The van der Waals surface area contributed by atoms with E-state index in [-0.39, 0.29) is 18.1 Å². The molecule has 1 aromatic heterocycles. The highest BCUT2D eigenvalue weighted by Crippen LogP contribution is 2.45. The number of aromatic nitrogens is 2. The van der Waals surface area contributed by atoms with E-state index in [0.717, 1.165) is 41.2 Å². The van der Waals surface area contributed by atoms with E-state index >= 15 is 4.39 Å². The minimum atomic E-state index is -0.948. The molecule has 3 aliphatic rings. The lowest BCUT2D eigenvalue weighted by atomic mass is 9.78. The van der Waals surface area contributed by atoms with Crippen LogP contribution in [0.1, 0.15) is 32.1 Å². The molecule has 1 saturated carbocycles. The van der Waals surface area contributed by atoms with Crippen LogP contribution in [0, 0.1) is 0 Å². The second-order valence-electron chi connectivity index (χ2n) is 6.60. The molecule has 1 aromatic rings. The number of anilines is 1. The third kappa shape index (κ3) is 2.50. The monoisotopic (exact) mass is 388 g/mol. The molecule has 2 aliphatic heterocycles. The van der Waals surface area contributed by atoms with Gasteiger partial charge in [0.05, 0.1) is 6.04 Å². The van der Waals surface area contributed by atoms with Crippen molar-refractivity contribution in [2.45, 2.75) is 69.3 Å². The zero-order chi connectivity index (χ0) is 15.4. The Hall–Kier alpha value is -0.245. The van der Waals surface area contributed by atoms with Crippen LogP contribution in [-0.2, 0) is 0 Å². The highest BCUT2D eigenvalue weighted by molar-refractivity contribution is 9.11. The second-order valence-corrected chi connectivity index (χ2v) is 8.83. The zero-order valence-electron chi connectivity index (χ0n) is 12.4. The number of halogens is 2. The van der Waals surface area contributed by atoms with E-state index in [1.165, 1.54) is 11.3 Å². The van der Waals surface area contributed by atoms with E-state index in [4.69, 9.17) is 0 Å². The SMILES string of the molecule is CB(O)N1C2CCC1[C@@H](F)[C@@H](N(c1nnc(Br)s1)C1CC1)C2. The van der Waals surface area contributed by atoms with Gasteiger partial charge in [0, 0.05) is 18.1 Å². The van der Waals surface area contributed by atoms with E-state index in [2.05, 4.69) is 31.0 Å². The molecule has 2 bridgehead atoms. The van der Waals surface area contributed by atoms with Gasteiger partial charge in [-0.25, -0.2) is 4.39 Å². The molecule has 0 amide bonds. The lowest BCUT2D eigenvalue weighted by Gasteiger charge is -2.46. The summed E-state index contributed by atoms with van der Waals surface area (Å²) in [5.74, 6) is 0. The summed E-state index contributed by atoms with van der Waals surface area (Å²) in [5.41, 5.74) is 0. The maximum atomic E-state index is 15.2. The van der Waals surface area contributed by atoms with Gasteiger partial charge in [0.25, 0.3) is 0 Å². The number of nitrogens with zero attached hydrogens (tertiary/aromatic N) is 4. The molecular formula is C13H19BBrFN4OS. The maximum absolute atomic E-state index is 15.2. The lowest BCUT2D eigenvalue weighted by Crippen LogP contribution is -2.61. The summed E-state index contributed by atoms with van der Waals surface area (Å²) in [7, 11) is -0.568. The topological polar surface area (TPSA) is 52.5 Å². The fourth-order valence-electron chi connectivity index (χ4n) is 4.23. The van der Waals surface area contributed by atoms with Gasteiger partial charge in [0.2, 0.25) is 5.13 Å². The second kappa shape index (κ2) is 5.68. The van der Waals surface area contributed by atoms with Gasteiger partial charge >= 0.3 is 7.05 Å². The van der Waals surface area contributed by atoms with Gasteiger partial charge in [0.15, 0.2) is 3.92 Å². The predicted molar refractivity (Wildman–Crippen MR) is 88.9 cm³/mol. The van der Waals surface area contributed by atoms with Gasteiger partial charge in [-0.15, -0.1) is 10.2 Å². The number of piperidine rings is 1. The van der Waals surface area contributed by atoms with Crippen LogP contribution in [0.15, 0.2) is 3.92 Å². The largest absolute Gasteiger partial charge is 0.437 e. The Morgan fingerprint density at radius 3 is 2.73 bits per heavy atom. The molecule has 4 atom stereocenters. The molecule has 4 rings (SSSR count). The summed E-state index contributed by atoms with van der Waals surface area (Å²) in [6.07, 6.45) is 3.84. The quantitative estimate of drug-likeness (QED) is 0.802. The van der Waals surface area contributed by atoms with E-state index in [1.807, 2.05) is 4.81 Å². The molecule has 3 fully saturated rings. The highest BCUT2D eigenvalue weighted by Gasteiger charge is 2.53. The summed E-state index contributed by atoms with van der Waals surface area (Å²) >= 11 is 4.84. The molecule has 1 aliphatic carbocycles. The summed E-state index contributed by atoms with van der Waals surface area (Å²) in [6.45, 7) is 1.75. The molecule has 2 saturated heterocycles. The van der Waals surface area contributed by atoms with Crippen molar-refractivity contribution in [3.05, 3.63) is 3.92 Å². The van der Waals surface area contributed by atoms with E-state index in [0.29, 0.717) is 6.04 Å². The first-order valence-corrected chi connectivity index (χ1v) is 9.54. The molecule has 0 radical (unpaired) electrons. The molecule has 0 aromatic carbocycles. The molecule has 1 N–H and O–H groups in total. The molecule has 9 heteroatoms. The van der Waals surface area contributed by atoms with E-state index in [9.17, 15) is 5.02 Å². The summed E-state index contributed by atoms with van der Waals surface area (Å²) in [5, 5.41) is 19.1. The minimum absolute atomic E-state index is 0.139. The Morgan fingerprint density at radius 2 is 2.14 bits per heavy atom. The Labute approximate surface area is 142 Å². The highest BCUT2D eigenvalue weighted by atomic mass is 79.9. The van der Waals surface area contributed by atoms with Gasteiger partial charge in [-0.2, -0.15) is 0 Å². The smallest absolute Gasteiger partial charge is 0.376 e. The van der Waals surface area contributed by atoms with Crippen LogP contribution in [0.25, 0.3) is 0 Å². The Bertz CT molecular complexity index is 560. The third-order valence-corrected chi connectivity index (χ3v) is 6.56. The number of hydrogen-bond donors (Lipinski definition) is 1. The van der Waals surface area contributed by atoms with Crippen LogP contribution < -0.4 is 4.90 Å². The van der Waals surface area contributed by atoms with Gasteiger partial charge in [-0.3, -0.25) is 0 Å². The van der Waals surface area contributed by atoms with Crippen molar-refractivity contribution in [3.63, 3.8) is 0 Å². The predicted octanol–water partition coefficient (Wildman–Crippen LogP) is 2.32. The fourth-order valence-corrected chi connectivity index (χ4v) is 5.45. The Balaban J connectivity index is 1.62. The Morgan fingerprint density at radius 1 is 1.36 bits per heavy atom. The van der Waals surface area contributed by atoms with Gasteiger partial charge < -0.3 is 14.7 Å². The third-order valence-electron chi connectivity index (χ3n) is 5.19. The van der Waals surface area contributed by atoms with Gasteiger partial charge in [0.1, 0.15) is 6.17 Å². The van der Waals surface area contributed by atoms with Crippen LogP contribution in [0.3, 0.4) is 0 Å². The average Bonchev–Trinajstić information content (AvgIpc) is 3.10. The molecule has 0 spiro atoms. The van der Waals surface area contributed by atoms with Crippen LogP contribution >= 0.6 is 27.3 Å². The van der Waals surface area contributed by atoms with Crippen molar-refractivity contribution >= 4 is 39.4 Å². The standard InChI is InChI=1S/C13H19BBrFN4OS/c1-14(21)20-8-4-5-9(20)11(16)10(6-8)19(7-2-3-7)13-18-17-12(15)22-13/h7-11,21H,2-6H2,1H3/t8?,9?,10-,11+/m0/s1. The molecule has 2 unspecified atom stereocenters. The van der Waals surface area contributed by atoms with Crippen LogP contribution in [0.4, 0.5) is 9.52 Å². The summed E-state index contributed by atoms with van der Waals surface area (Å²) in [6, 6.07) is 0.376. The molecule has 22 heavy (non-hydrogen) atoms. The van der Waals surface area contributed by atoms with Gasteiger partial charge in [-0.05, 0) is 54.9 Å². The van der Waals surface area contributed by atoms with Crippen molar-refractivity contribution in [1.82, 2.24) is 15.0 Å². The van der Waals surface area contributed by atoms with Crippen molar-refractivity contribution in [1.29, 1.82) is 0 Å². The first-order valence-electron chi connectivity index (χ1n) is 7.93. The molecule has 120 valence electrons. The number of hydrogen-bond acceptors (Lipinski definition) is 6. The lowest BCUT2D eigenvalue weighted by molar-refractivity contribution is 0.0938. The van der Waals surface area contributed by atoms with Crippen molar-refractivity contribution < 1.29 is 9.41 Å². The van der Waals surface area contributed by atoms with Crippen LogP contribution in [0.2, 0.25) is 6.82 Å². The van der Waals surface area contributed by atoms with Crippen LogP contribution in [0.5, 0.6) is 0 Å². The normalized spacial score (nSPS) is 34.9. The van der Waals surface area contributed by atoms with Crippen molar-refractivity contribution in [2.24, 2.45) is 0 Å². The maximum Gasteiger partial charge on any atom is 0.376 e. The van der Waals surface area contributed by atoms with E-state index < -0.39 is 13.2 Å². The average molecular weight is 389 g/mol. The van der Waals surface area contributed by atoms with Crippen molar-refractivity contribution in [3.8, 4) is 0 Å². The first-order chi connectivity index (χ1) is 10.6. The van der Waals surface area contributed by atoms with E-state index in [1.54, 1.807) is 6.82 Å². The van der Waals surface area contributed by atoms with Crippen molar-refractivity contribution in [2.75, 3.05) is 4.90 Å².